The van der Waals surface area contributed by atoms with Gasteiger partial charge in [-0.05, 0) is 84.7 Å². The summed E-state index contributed by atoms with van der Waals surface area (Å²) in [5.74, 6) is 0.0859. The fraction of sp³-hybridized carbons (Fsp3) is 0.296. The third-order valence-corrected chi connectivity index (χ3v) is 6.25. The Hall–Kier alpha value is -3.31. The fourth-order valence-corrected chi connectivity index (χ4v) is 4.54. The van der Waals surface area contributed by atoms with Crippen molar-refractivity contribution in [1.82, 2.24) is 5.32 Å². The molecule has 32 heavy (non-hydrogen) atoms. The van der Waals surface area contributed by atoms with Crippen LogP contribution in [0.1, 0.15) is 45.8 Å². The van der Waals surface area contributed by atoms with Gasteiger partial charge < -0.3 is 21.5 Å². The number of anilines is 1. The number of carbonyl (C=O) groups excluding carboxylic acids is 1. The summed E-state index contributed by atoms with van der Waals surface area (Å²) in [6.07, 6.45) is 2.14. The van der Waals surface area contributed by atoms with E-state index in [1.807, 2.05) is 19.9 Å². The van der Waals surface area contributed by atoms with Gasteiger partial charge >= 0.3 is 0 Å². The zero-order valence-corrected chi connectivity index (χ0v) is 18.7. The zero-order valence-electron chi connectivity index (χ0n) is 18.7. The molecule has 0 unspecified atom stereocenters. The minimum Gasteiger partial charge on any atom is -0.508 e. The van der Waals surface area contributed by atoms with Gasteiger partial charge in [-0.15, -0.1) is 0 Å². The number of phenols is 1. The van der Waals surface area contributed by atoms with Crippen LogP contribution in [0.3, 0.4) is 0 Å². The second-order valence-electron chi connectivity index (χ2n) is 8.73. The summed E-state index contributed by atoms with van der Waals surface area (Å²) in [6, 6.07) is 19.6. The van der Waals surface area contributed by atoms with Crippen molar-refractivity contribution in [2.45, 2.75) is 45.2 Å². The van der Waals surface area contributed by atoms with E-state index in [-0.39, 0.29) is 17.7 Å². The summed E-state index contributed by atoms with van der Waals surface area (Å²) in [5.41, 5.74) is 13.9. The average Bonchev–Trinajstić information content (AvgIpc) is 2.76. The van der Waals surface area contributed by atoms with E-state index in [4.69, 9.17) is 5.73 Å². The summed E-state index contributed by atoms with van der Waals surface area (Å²) in [5, 5.41) is 16.4. The molecule has 0 aromatic heterocycles. The maximum absolute atomic E-state index is 12.9. The molecule has 0 radical (unpaired) electrons. The van der Waals surface area contributed by atoms with Crippen LogP contribution in [0.2, 0.25) is 0 Å². The highest BCUT2D eigenvalue weighted by atomic mass is 16.3. The number of phenolic OH excluding ortho intramolecular Hbond substituents is 1. The molecule has 3 aromatic rings. The van der Waals surface area contributed by atoms with Crippen molar-refractivity contribution >= 4 is 11.6 Å². The number of fused-ring (bicyclic) bond motifs is 1. The molecule has 3 aromatic carbocycles. The number of hydrogen-bond donors (Lipinski definition) is 4. The first kappa shape index (κ1) is 21.9. The average molecular weight is 430 g/mol. The number of nitrogens with two attached hydrogens (primary N) is 1. The second kappa shape index (κ2) is 9.45. The van der Waals surface area contributed by atoms with Crippen LogP contribution < -0.4 is 16.4 Å². The molecule has 5 N–H and O–H groups in total. The molecule has 4 rings (SSSR count). The van der Waals surface area contributed by atoms with E-state index in [0.29, 0.717) is 6.42 Å². The highest BCUT2D eigenvalue weighted by Gasteiger charge is 2.25. The monoisotopic (exact) mass is 429 g/mol. The molecule has 2 atom stereocenters. The molecule has 1 amide bonds. The van der Waals surface area contributed by atoms with Gasteiger partial charge in [0.15, 0.2) is 0 Å². The molecule has 1 heterocycles. The molecular weight excluding hydrogens is 398 g/mol. The van der Waals surface area contributed by atoms with Crippen molar-refractivity contribution in [3.8, 4) is 5.75 Å². The van der Waals surface area contributed by atoms with Crippen molar-refractivity contribution < 1.29 is 9.90 Å². The molecule has 5 nitrogen and oxygen atoms in total. The minimum absolute atomic E-state index is 0.0578. The van der Waals surface area contributed by atoms with Crippen molar-refractivity contribution in [3.63, 3.8) is 0 Å². The van der Waals surface area contributed by atoms with Gasteiger partial charge in [0.25, 0.3) is 0 Å². The molecule has 1 aliphatic heterocycles. The first-order chi connectivity index (χ1) is 15.4. The molecule has 5 heteroatoms. The SMILES string of the molecule is Cc1cc(O)cc(C)c1C[C@H](N)C(=O)N[C@@H]1CCNc2cc(Cc3ccccc3)ccc21. The van der Waals surface area contributed by atoms with E-state index in [1.54, 1.807) is 12.1 Å². The number of benzene rings is 3. The van der Waals surface area contributed by atoms with Gasteiger partial charge in [0.1, 0.15) is 5.75 Å². The molecule has 0 aliphatic carbocycles. The summed E-state index contributed by atoms with van der Waals surface area (Å²) in [4.78, 5) is 12.9. The van der Waals surface area contributed by atoms with Gasteiger partial charge in [0.05, 0.1) is 12.1 Å². The van der Waals surface area contributed by atoms with Crippen molar-refractivity contribution in [2.24, 2.45) is 5.73 Å². The van der Waals surface area contributed by atoms with Crippen LogP contribution in [-0.4, -0.2) is 23.6 Å². The molecule has 0 fully saturated rings. The van der Waals surface area contributed by atoms with E-state index in [9.17, 15) is 9.90 Å². The van der Waals surface area contributed by atoms with Crippen LogP contribution in [-0.2, 0) is 17.6 Å². The lowest BCUT2D eigenvalue weighted by Gasteiger charge is -2.29. The lowest BCUT2D eigenvalue weighted by atomic mass is 9.93. The van der Waals surface area contributed by atoms with Crippen molar-refractivity contribution in [1.29, 1.82) is 0 Å². The number of carbonyl (C=O) groups is 1. The number of aryl methyl sites for hydroxylation is 2. The van der Waals surface area contributed by atoms with Crippen LogP contribution in [0.15, 0.2) is 60.7 Å². The van der Waals surface area contributed by atoms with E-state index in [1.165, 1.54) is 11.1 Å². The van der Waals surface area contributed by atoms with Crippen molar-refractivity contribution in [2.75, 3.05) is 11.9 Å². The van der Waals surface area contributed by atoms with Crippen LogP contribution >= 0.6 is 0 Å². The number of amides is 1. The Morgan fingerprint density at radius 3 is 2.53 bits per heavy atom. The molecule has 0 spiro atoms. The smallest absolute Gasteiger partial charge is 0.237 e. The van der Waals surface area contributed by atoms with E-state index in [2.05, 4.69) is 53.1 Å². The van der Waals surface area contributed by atoms with Crippen molar-refractivity contribution in [3.05, 3.63) is 94.0 Å². The van der Waals surface area contributed by atoms with Gasteiger partial charge in [-0.1, -0.05) is 42.5 Å². The topological polar surface area (TPSA) is 87.4 Å². The van der Waals surface area contributed by atoms with Gasteiger partial charge in [-0.25, -0.2) is 0 Å². The van der Waals surface area contributed by atoms with Crippen LogP contribution in [0.5, 0.6) is 5.75 Å². The summed E-state index contributed by atoms with van der Waals surface area (Å²) >= 11 is 0. The number of aromatic hydroxyl groups is 1. The number of rotatable bonds is 6. The summed E-state index contributed by atoms with van der Waals surface area (Å²) in [7, 11) is 0. The Kier molecular flexibility index (Phi) is 6.47. The Bertz CT molecular complexity index is 1090. The molecule has 0 saturated carbocycles. The van der Waals surface area contributed by atoms with E-state index in [0.717, 1.165) is 47.3 Å². The normalized spacial score (nSPS) is 16.0. The van der Waals surface area contributed by atoms with E-state index < -0.39 is 6.04 Å². The van der Waals surface area contributed by atoms with E-state index >= 15 is 0 Å². The van der Waals surface area contributed by atoms with Gasteiger partial charge in [0, 0.05) is 12.2 Å². The Labute approximate surface area is 189 Å². The Morgan fingerprint density at radius 2 is 1.81 bits per heavy atom. The Morgan fingerprint density at radius 1 is 1.09 bits per heavy atom. The predicted molar refractivity (Wildman–Crippen MR) is 129 cm³/mol. The molecule has 166 valence electrons. The van der Waals surface area contributed by atoms with Gasteiger partial charge in [-0.2, -0.15) is 0 Å². The third-order valence-electron chi connectivity index (χ3n) is 6.25. The third kappa shape index (κ3) is 4.94. The highest BCUT2D eigenvalue weighted by Crippen LogP contribution is 2.31. The summed E-state index contributed by atoms with van der Waals surface area (Å²) in [6.45, 7) is 4.67. The molecule has 0 bridgehead atoms. The standard InChI is InChI=1S/C27H31N3O2/c1-17-12-21(31)13-18(2)23(17)16-24(28)27(32)30-25-10-11-29-26-15-20(8-9-22(25)26)14-19-6-4-3-5-7-19/h3-9,12-13,15,24-25,29,31H,10-11,14,16,28H2,1-2H3,(H,30,32)/t24-,25+/m0/s1. The van der Waals surface area contributed by atoms with Crippen LogP contribution in [0.4, 0.5) is 5.69 Å². The molecule has 1 aliphatic rings. The van der Waals surface area contributed by atoms with Gasteiger partial charge in [-0.3, -0.25) is 4.79 Å². The number of hydrogen-bond acceptors (Lipinski definition) is 4. The Balaban J connectivity index is 1.44. The fourth-order valence-electron chi connectivity index (χ4n) is 4.54. The van der Waals surface area contributed by atoms with Crippen LogP contribution in [0.25, 0.3) is 0 Å². The lowest BCUT2D eigenvalue weighted by molar-refractivity contribution is -0.123. The van der Waals surface area contributed by atoms with Gasteiger partial charge in [0.2, 0.25) is 5.91 Å². The highest BCUT2D eigenvalue weighted by molar-refractivity contribution is 5.82. The number of nitrogens with one attached hydrogen (secondary N) is 2. The lowest BCUT2D eigenvalue weighted by Crippen LogP contribution is -2.44. The first-order valence-electron chi connectivity index (χ1n) is 11.2. The second-order valence-corrected chi connectivity index (χ2v) is 8.73. The first-order valence-corrected chi connectivity index (χ1v) is 11.2. The largest absolute Gasteiger partial charge is 0.508 e. The predicted octanol–water partition coefficient (Wildman–Crippen LogP) is 4.14. The van der Waals surface area contributed by atoms with Crippen LogP contribution in [0, 0.1) is 13.8 Å². The maximum Gasteiger partial charge on any atom is 0.237 e. The minimum atomic E-state index is -0.646. The summed E-state index contributed by atoms with van der Waals surface area (Å²) < 4.78 is 0. The molecular formula is C27H31N3O2. The zero-order chi connectivity index (χ0) is 22.7. The molecule has 0 saturated heterocycles. The maximum atomic E-state index is 12.9. The quantitative estimate of drug-likeness (QED) is 0.474.